The molecular formula is C15H16ClN3O2S. The molecule has 5 nitrogen and oxygen atoms in total. The maximum Gasteiger partial charge on any atom is 0.233 e. The van der Waals surface area contributed by atoms with Gasteiger partial charge in [0.1, 0.15) is 12.4 Å². The Balaban J connectivity index is 1.69. The second kappa shape index (κ2) is 8.60. The number of hydrogen-bond acceptors (Lipinski definition) is 5. The van der Waals surface area contributed by atoms with Gasteiger partial charge in [-0.15, -0.1) is 0 Å². The van der Waals surface area contributed by atoms with Crippen LogP contribution in [0, 0.1) is 0 Å². The molecule has 2 aromatic rings. The summed E-state index contributed by atoms with van der Waals surface area (Å²) < 4.78 is 5.50. The van der Waals surface area contributed by atoms with Gasteiger partial charge in [-0.1, -0.05) is 29.4 Å². The van der Waals surface area contributed by atoms with Gasteiger partial charge in [0.2, 0.25) is 5.91 Å². The Morgan fingerprint density at radius 2 is 2.14 bits per heavy atom. The fourth-order valence-corrected chi connectivity index (χ4v) is 2.53. The lowest BCUT2D eigenvalue weighted by Gasteiger charge is -2.11. The molecule has 116 valence electrons. The number of ether oxygens (including phenoxy) is 1. The first-order valence-corrected chi connectivity index (χ1v) is 8.00. The summed E-state index contributed by atoms with van der Waals surface area (Å²) in [5.74, 6) is 0.606. The van der Waals surface area contributed by atoms with Crippen LogP contribution >= 0.6 is 23.4 Å². The molecule has 0 fully saturated rings. The lowest BCUT2D eigenvalue weighted by molar-refractivity contribution is -0.120. The molecule has 0 aliphatic carbocycles. The maximum atomic E-state index is 11.9. The van der Waals surface area contributed by atoms with Gasteiger partial charge in [-0.25, -0.2) is 9.97 Å². The molecule has 0 aliphatic rings. The first kappa shape index (κ1) is 16.6. The van der Waals surface area contributed by atoms with Crippen LogP contribution in [0.1, 0.15) is 6.92 Å². The van der Waals surface area contributed by atoms with Gasteiger partial charge in [0, 0.05) is 17.4 Å². The molecule has 22 heavy (non-hydrogen) atoms. The number of halogens is 1. The van der Waals surface area contributed by atoms with E-state index in [0.29, 0.717) is 29.1 Å². The Morgan fingerprint density at radius 3 is 2.86 bits per heavy atom. The largest absolute Gasteiger partial charge is 0.492 e. The van der Waals surface area contributed by atoms with Crippen molar-refractivity contribution in [3.63, 3.8) is 0 Å². The number of rotatable bonds is 7. The topological polar surface area (TPSA) is 64.1 Å². The van der Waals surface area contributed by atoms with E-state index in [1.165, 1.54) is 11.8 Å². The van der Waals surface area contributed by atoms with Crippen LogP contribution in [0.15, 0.2) is 47.9 Å². The molecule has 0 bridgehead atoms. The van der Waals surface area contributed by atoms with Crippen LogP contribution in [0.2, 0.25) is 5.02 Å². The number of nitrogens with one attached hydrogen (secondary N) is 1. The Kier molecular flexibility index (Phi) is 6.48. The van der Waals surface area contributed by atoms with E-state index in [-0.39, 0.29) is 11.2 Å². The summed E-state index contributed by atoms with van der Waals surface area (Å²) in [6.07, 6.45) is 3.30. The van der Waals surface area contributed by atoms with Crippen molar-refractivity contribution >= 4 is 29.3 Å². The van der Waals surface area contributed by atoms with Crippen molar-refractivity contribution in [1.82, 2.24) is 15.3 Å². The first-order valence-electron chi connectivity index (χ1n) is 6.75. The molecule has 1 aromatic carbocycles. The Morgan fingerprint density at radius 1 is 1.36 bits per heavy atom. The minimum atomic E-state index is -0.270. The van der Waals surface area contributed by atoms with Crippen LogP contribution in [0.4, 0.5) is 0 Å². The lowest BCUT2D eigenvalue weighted by Crippen LogP contribution is -2.34. The summed E-state index contributed by atoms with van der Waals surface area (Å²) in [5, 5.41) is 3.75. The molecule has 0 unspecified atom stereocenters. The normalized spacial score (nSPS) is 11.7. The fraction of sp³-hybridized carbons (Fsp3) is 0.267. The summed E-state index contributed by atoms with van der Waals surface area (Å²) in [6.45, 7) is 2.62. The average molecular weight is 338 g/mol. The molecular weight excluding hydrogens is 322 g/mol. The quantitative estimate of drug-likeness (QED) is 0.478. The van der Waals surface area contributed by atoms with Crippen molar-refractivity contribution in [1.29, 1.82) is 0 Å². The number of carbonyl (C=O) groups is 1. The third-order valence-corrected chi connectivity index (χ3v) is 3.88. The number of benzene rings is 1. The van der Waals surface area contributed by atoms with Crippen LogP contribution in [0.5, 0.6) is 5.75 Å². The highest BCUT2D eigenvalue weighted by Crippen LogP contribution is 2.18. The summed E-state index contributed by atoms with van der Waals surface area (Å²) in [5.41, 5.74) is 0. The molecule has 0 saturated heterocycles. The molecule has 1 aromatic heterocycles. The number of hydrogen-bond donors (Lipinski definition) is 1. The van der Waals surface area contributed by atoms with E-state index in [1.807, 2.05) is 19.1 Å². The van der Waals surface area contributed by atoms with Crippen molar-refractivity contribution in [2.45, 2.75) is 17.3 Å². The minimum absolute atomic E-state index is 0.0767. The zero-order valence-electron chi connectivity index (χ0n) is 12.0. The number of carbonyl (C=O) groups excluding carboxylic acids is 1. The van der Waals surface area contributed by atoms with Gasteiger partial charge in [-0.05, 0) is 31.2 Å². The second-order valence-electron chi connectivity index (χ2n) is 4.39. The van der Waals surface area contributed by atoms with E-state index in [9.17, 15) is 4.79 Å². The van der Waals surface area contributed by atoms with Gasteiger partial charge in [-0.2, -0.15) is 0 Å². The SMILES string of the molecule is C[C@@H](Sc1ncccn1)C(=O)NCCOc1cccc(Cl)c1. The third kappa shape index (κ3) is 5.54. The molecule has 0 saturated carbocycles. The molecule has 0 aliphatic heterocycles. The van der Waals surface area contributed by atoms with Crippen LogP contribution < -0.4 is 10.1 Å². The van der Waals surface area contributed by atoms with E-state index in [4.69, 9.17) is 16.3 Å². The highest BCUT2D eigenvalue weighted by Gasteiger charge is 2.15. The highest BCUT2D eigenvalue weighted by molar-refractivity contribution is 8.00. The van der Waals surface area contributed by atoms with Crippen molar-refractivity contribution < 1.29 is 9.53 Å². The van der Waals surface area contributed by atoms with E-state index in [1.54, 1.807) is 30.6 Å². The van der Waals surface area contributed by atoms with Crippen LogP contribution in [-0.2, 0) is 4.79 Å². The Bertz CT molecular complexity index is 613. The van der Waals surface area contributed by atoms with E-state index >= 15 is 0 Å². The van der Waals surface area contributed by atoms with E-state index in [0.717, 1.165) is 0 Å². The van der Waals surface area contributed by atoms with Crippen molar-refractivity contribution in [3.05, 3.63) is 47.7 Å². The predicted molar refractivity (Wildman–Crippen MR) is 87.3 cm³/mol. The number of amides is 1. The smallest absolute Gasteiger partial charge is 0.233 e. The molecule has 0 spiro atoms. The van der Waals surface area contributed by atoms with Gasteiger partial charge in [0.05, 0.1) is 11.8 Å². The van der Waals surface area contributed by atoms with E-state index < -0.39 is 0 Å². The summed E-state index contributed by atoms with van der Waals surface area (Å²) in [4.78, 5) is 20.1. The standard InChI is InChI=1S/C15H16ClN3O2S/c1-11(22-15-18-6-3-7-19-15)14(20)17-8-9-21-13-5-2-4-12(16)10-13/h2-7,10-11H,8-9H2,1H3,(H,17,20)/t11-/m1/s1. The molecule has 1 amide bonds. The Labute approximate surface area is 138 Å². The van der Waals surface area contributed by atoms with Gasteiger partial charge in [0.15, 0.2) is 5.16 Å². The first-order chi connectivity index (χ1) is 10.6. The van der Waals surface area contributed by atoms with Crippen LogP contribution in [0.3, 0.4) is 0 Å². The molecule has 0 radical (unpaired) electrons. The number of thioether (sulfide) groups is 1. The second-order valence-corrected chi connectivity index (χ2v) is 6.13. The fourth-order valence-electron chi connectivity index (χ4n) is 1.60. The monoisotopic (exact) mass is 337 g/mol. The van der Waals surface area contributed by atoms with Gasteiger partial charge in [0.25, 0.3) is 0 Å². The van der Waals surface area contributed by atoms with Gasteiger partial charge in [-0.3, -0.25) is 4.79 Å². The predicted octanol–water partition coefficient (Wildman–Crippen LogP) is 2.81. The lowest BCUT2D eigenvalue weighted by atomic mass is 10.3. The average Bonchev–Trinajstić information content (AvgIpc) is 2.52. The summed E-state index contributed by atoms with van der Waals surface area (Å²) in [6, 6.07) is 8.88. The summed E-state index contributed by atoms with van der Waals surface area (Å²) >= 11 is 7.18. The molecule has 1 atom stereocenters. The van der Waals surface area contributed by atoms with Gasteiger partial charge < -0.3 is 10.1 Å². The number of nitrogens with zero attached hydrogens (tertiary/aromatic N) is 2. The third-order valence-electron chi connectivity index (χ3n) is 2.66. The number of aromatic nitrogens is 2. The summed E-state index contributed by atoms with van der Waals surface area (Å²) in [7, 11) is 0. The molecule has 2 rings (SSSR count). The maximum absolute atomic E-state index is 11.9. The zero-order valence-corrected chi connectivity index (χ0v) is 13.6. The zero-order chi connectivity index (χ0) is 15.8. The highest BCUT2D eigenvalue weighted by atomic mass is 35.5. The van der Waals surface area contributed by atoms with Gasteiger partial charge >= 0.3 is 0 Å². The molecule has 1 heterocycles. The minimum Gasteiger partial charge on any atom is -0.492 e. The Hall–Kier alpha value is -1.79. The van der Waals surface area contributed by atoms with E-state index in [2.05, 4.69) is 15.3 Å². The van der Waals surface area contributed by atoms with Crippen molar-refractivity contribution in [2.75, 3.05) is 13.2 Å². The van der Waals surface area contributed by atoms with Crippen molar-refractivity contribution in [2.24, 2.45) is 0 Å². The molecule has 1 N–H and O–H groups in total. The van der Waals surface area contributed by atoms with Crippen LogP contribution in [-0.4, -0.2) is 34.3 Å². The van der Waals surface area contributed by atoms with Crippen molar-refractivity contribution in [3.8, 4) is 5.75 Å². The van der Waals surface area contributed by atoms with Crippen LogP contribution in [0.25, 0.3) is 0 Å². The molecule has 7 heteroatoms.